The molecule has 0 radical (unpaired) electrons. The van der Waals surface area contributed by atoms with Crippen LogP contribution in [0.15, 0.2) is 30.5 Å². The summed E-state index contributed by atoms with van der Waals surface area (Å²) in [6.45, 7) is 4.39. The Morgan fingerprint density at radius 1 is 1.00 bits per heavy atom. The third kappa shape index (κ3) is 4.05. The van der Waals surface area contributed by atoms with Crippen molar-refractivity contribution in [1.29, 1.82) is 0 Å². The molecule has 0 unspecified atom stereocenters. The van der Waals surface area contributed by atoms with Gasteiger partial charge in [-0.3, -0.25) is 0 Å². The first-order chi connectivity index (χ1) is 12.7. The van der Waals surface area contributed by atoms with Crippen LogP contribution in [0.4, 0.5) is 0 Å². The van der Waals surface area contributed by atoms with Crippen LogP contribution in [0.25, 0.3) is 16.9 Å². The van der Waals surface area contributed by atoms with E-state index >= 15 is 0 Å². The minimum Gasteiger partial charge on any atom is -0.237 e. The Balaban J connectivity index is 1.97. The van der Waals surface area contributed by atoms with Crippen molar-refractivity contribution >= 4 is 28.8 Å². The van der Waals surface area contributed by atoms with E-state index in [0.717, 1.165) is 35.4 Å². The molecule has 0 aliphatic carbocycles. The fourth-order valence-electron chi connectivity index (χ4n) is 3.38. The molecule has 0 aliphatic rings. The van der Waals surface area contributed by atoms with E-state index in [0.29, 0.717) is 10.0 Å². The molecule has 2 aromatic heterocycles. The number of fused-ring (bicyclic) bond motifs is 1. The number of hydrogen-bond donors (Lipinski definition) is 0. The van der Waals surface area contributed by atoms with E-state index in [1.54, 1.807) is 6.07 Å². The summed E-state index contributed by atoms with van der Waals surface area (Å²) in [6.07, 6.45) is 10.1. The molecule has 0 amide bonds. The molecule has 5 heteroatoms. The van der Waals surface area contributed by atoms with Crippen molar-refractivity contribution in [3.63, 3.8) is 0 Å². The molecule has 0 fully saturated rings. The molecule has 0 saturated heterocycles. The third-order valence-corrected chi connectivity index (χ3v) is 5.32. The summed E-state index contributed by atoms with van der Waals surface area (Å²) in [5.74, 6) is 0. The van der Waals surface area contributed by atoms with Gasteiger partial charge < -0.3 is 0 Å². The second-order valence-corrected chi connectivity index (χ2v) is 7.48. The Bertz CT molecular complexity index is 886. The summed E-state index contributed by atoms with van der Waals surface area (Å²) in [7, 11) is 0. The molecule has 1 aromatic carbocycles. The molecular formula is C21H25Cl2N3. The first-order valence-corrected chi connectivity index (χ1v) is 10.2. The van der Waals surface area contributed by atoms with Gasteiger partial charge in [0, 0.05) is 22.3 Å². The number of unbranched alkanes of at least 4 members (excludes halogenated alkanes) is 4. The first kappa shape index (κ1) is 19.2. The summed E-state index contributed by atoms with van der Waals surface area (Å²) in [6, 6.07) is 7.52. The predicted molar refractivity (Wildman–Crippen MR) is 110 cm³/mol. The number of hydrogen-bond acceptors (Lipinski definition) is 2. The largest absolute Gasteiger partial charge is 0.237 e. The zero-order valence-corrected chi connectivity index (χ0v) is 16.9. The van der Waals surface area contributed by atoms with Crippen molar-refractivity contribution in [2.24, 2.45) is 0 Å². The Morgan fingerprint density at radius 3 is 2.54 bits per heavy atom. The number of nitrogens with zero attached hydrogens (tertiary/aromatic N) is 3. The third-order valence-electron chi connectivity index (χ3n) is 4.77. The number of aromatic nitrogens is 3. The zero-order chi connectivity index (χ0) is 18.5. The second kappa shape index (κ2) is 8.88. The minimum atomic E-state index is 0.625. The van der Waals surface area contributed by atoms with Gasteiger partial charge >= 0.3 is 0 Å². The number of rotatable bonds is 8. The molecular weight excluding hydrogens is 365 g/mol. The lowest BCUT2D eigenvalue weighted by atomic mass is 10.0. The number of benzene rings is 1. The lowest BCUT2D eigenvalue weighted by molar-refractivity contribution is 0.631. The van der Waals surface area contributed by atoms with E-state index < -0.39 is 0 Å². The van der Waals surface area contributed by atoms with E-state index in [2.05, 4.69) is 18.8 Å². The quantitative estimate of drug-likeness (QED) is 0.397. The standard InChI is InChI=1S/C21H25Cl2N3/c1-3-5-6-7-8-9-17-19(4-2)25-26-20(12-13-24-21(17)26)16-11-10-15(22)14-18(16)23/h10-14H,3-9H2,1-2H3. The molecule has 0 bridgehead atoms. The maximum atomic E-state index is 6.43. The van der Waals surface area contributed by atoms with Gasteiger partial charge in [-0.15, -0.1) is 0 Å². The average molecular weight is 390 g/mol. The lowest BCUT2D eigenvalue weighted by Gasteiger charge is -2.07. The van der Waals surface area contributed by atoms with Gasteiger partial charge in [-0.2, -0.15) is 5.10 Å². The van der Waals surface area contributed by atoms with Gasteiger partial charge in [0.1, 0.15) is 0 Å². The van der Waals surface area contributed by atoms with Crippen LogP contribution >= 0.6 is 23.2 Å². The highest BCUT2D eigenvalue weighted by Gasteiger charge is 2.16. The Kier molecular flexibility index (Phi) is 6.55. The molecule has 138 valence electrons. The normalized spacial score (nSPS) is 11.4. The van der Waals surface area contributed by atoms with Crippen LogP contribution in [-0.4, -0.2) is 14.6 Å². The van der Waals surface area contributed by atoms with Crippen LogP contribution in [0, 0.1) is 0 Å². The first-order valence-electron chi connectivity index (χ1n) is 9.46. The molecule has 2 heterocycles. The van der Waals surface area contributed by atoms with Crippen molar-refractivity contribution < 1.29 is 0 Å². The van der Waals surface area contributed by atoms with Crippen molar-refractivity contribution in [3.05, 3.63) is 51.8 Å². The maximum absolute atomic E-state index is 6.43. The van der Waals surface area contributed by atoms with E-state index in [-0.39, 0.29) is 0 Å². The van der Waals surface area contributed by atoms with Crippen LogP contribution in [0.3, 0.4) is 0 Å². The summed E-state index contributed by atoms with van der Waals surface area (Å²) >= 11 is 12.5. The van der Waals surface area contributed by atoms with Crippen LogP contribution in [0.1, 0.15) is 57.2 Å². The van der Waals surface area contributed by atoms with Gasteiger partial charge in [0.2, 0.25) is 0 Å². The summed E-state index contributed by atoms with van der Waals surface area (Å²) in [5.41, 5.74) is 5.22. The van der Waals surface area contributed by atoms with Crippen molar-refractivity contribution in [2.75, 3.05) is 0 Å². The Hall–Kier alpha value is -1.58. The summed E-state index contributed by atoms with van der Waals surface area (Å²) in [4.78, 5) is 4.63. The molecule has 0 aliphatic heterocycles. The second-order valence-electron chi connectivity index (χ2n) is 6.63. The van der Waals surface area contributed by atoms with Gasteiger partial charge in [0.25, 0.3) is 0 Å². The highest BCUT2D eigenvalue weighted by Crippen LogP contribution is 2.31. The van der Waals surface area contributed by atoms with Gasteiger partial charge in [0.15, 0.2) is 5.65 Å². The van der Waals surface area contributed by atoms with Crippen LogP contribution in [0.5, 0.6) is 0 Å². The molecule has 3 rings (SSSR count). The van der Waals surface area contributed by atoms with E-state index in [4.69, 9.17) is 28.3 Å². The molecule has 3 aromatic rings. The smallest absolute Gasteiger partial charge is 0.159 e. The SMILES string of the molecule is CCCCCCCc1c(CC)nn2c(-c3ccc(Cl)cc3Cl)ccnc12. The monoisotopic (exact) mass is 389 g/mol. The Morgan fingerprint density at radius 2 is 1.81 bits per heavy atom. The van der Waals surface area contributed by atoms with E-state index in [1.807, 2.05) is 28.9 Å². The molecule has 0 atom stereocenters. The summed E-state index contributed by atoms with van der Waals surface area (Å²) in [5, 5.41) is 6.10. The van der Waals surface area contributed by atoms with Gasteiger partial charge in [-0.1, -0.05) is 62.7 Å². The molecule has 0 N–H and O–H groups in total. The lowest BCUT2D eigenvalue weighted by Crippen LogP contribution is -1.97. The van der Waals surface area contributed by atoms with Gasteiger partial charge in [-0.25, -0.2) is 9.50 Å². The fourth-order valence-corrected chi connectivity index (χ4v) is 3.89. The zero-order valence-electron chi connectivity index (χ0n) is 15.4. The Labute approximate surface area is 165 Å². The predicted octanol–water partition coefficient (Wildman–Crippen LogP) is 6.78. The number of aryl methyl sites for hydroxylation is 2. The molecule has 0 spiro atoms. The maximum Gasteiger partial charge on any atom is 0.159 e. The van der Waals surface area contributed by atoms with Crippen molar-refractivity contribution in [2.45, 2.75) is 58.8 Å². The van der Waals surface area contributed by atoms with Crippen molar-refractivity contribution in [1.82, 2.24) is 14.6 Å². The van der Waals surface area contributed by atoms with Crippen LogP contribution < -0.4 is 0 Å². The van der Waals surface area contributed by atoms with Gasteiger partial charge in [-0.05, 0) is 43.5 Å². The minimum absolute atomic E-state index is 0.625. The van der Waals surface area contributed by atoms with E-state index in [1.165, 1.54) is 37.7 Å². The number of halogens is 2. The topological polar surface area (TPSA) is 30.2 Å². The van der Waals surface area contributed by atoms with E-state index in [9.17, 15) is 0 Å². The summed E-state index contributed by atoms with van der Waals surface area (Å²) < 4.78 is 1.94. The highest BCUT2D eigenvalue weighted by atomic mass is 35.5. The molecule has 26 heavy (non-hydrogen) atoms. The average Bonchev–Trinajstić information content (AvgIpc) is 3.00. The van der Waals surface area contributed by atoms with Crippen LogP contribution in [0.2, 0.25) is 10.0 Å². The molecule has 0 saturated carbocycles. The van der Waals surface area contributed by atoms with Crippen molar-refractivity contribution in [3.8, 4) is 11.3 Å². The molecule has 3 nitrogen and oxygen atoms in total. The van der Waals surface area contributed by atoms with Gasteiger partial charge in [0.05, 0.1) is 16.4 Å². The fraction of sp³-hybridized carbons (Fsp3) is 0.429. The highest BCUT2D eigenvalue weighted by molar-refractivity contribution is 6.36. The van der Waals surface area contributed by atoms with Crippen LogP contribution in [-0.2, 0) is 12.8 Å².